The lowest BCUT2D eigenvalue weighted by Crippen LogP contribution is -2.25. The lowest BCUT2D eigenvalue weighted by Gasteiger charge is -2.23. The number of aryl methyl sites for hydroxylation is 1. The molecule has 1 aromatic rings. The van der Waals surface area contributed by atoms with E-state index < -0.39 is 0 Å². The molecule has 0 amide bonds. The molecule has 1 aliphatic heterocycles. The van der Waals surface area contributed by atoms with Crippen LogP contribution in [0.5, 0.6) is 0 Å². The maximum absolute atomic E-state index is 13.3. The van der Waals surface area contributed by atoms with Crippen LogP contribution in [0.25, 0.3) is 0 Å². The highest BCUT2D eigenvalue weighted by molar-refractivity contribution is 7.99. The molecule has 1 N–H and O–H groups in total. The summed E-state index contributed by atoms with van der Waals surface area (Å²) in [5.41, 5.74) is 1.61. The molecule has 1 aliphatic rings. The van der Waals surface area contributed by atoms with E-state index >= 15 is 0 Å². The molecule has 0 saturated carbocycles. The van der Waals surface area contributed by atoms with Crippen LogP contribution in [-0.2, 0) is 0 Å². The minimum Gasteiger partial charge on any atom is -0.381 e. The second-order valence-corrected chi connectivity index (χ2v) is 5.17. The lowest BCUT2D eigenvalue weighted by atomic mass is 10.1. The fourth-order valence-electron chi connectivity index (χ4n) is 1.77. The summed E-state index contributed by atoms with van der Waals surface area (Å²) in [7, 11) is 0. The Hall–Kier alpha value is -0.700. The van der Waals surface area contributed by atoms with Crippen LogP contribution in [0, 0.1) is 12.7 Å². The number of benzene rings is 1. The van der Waals surface area contributed by atoms with Gasteiger partial charge in [0.2, 0.25) is 0 Å². The smallest absolute Gasteiger partial charge is 0.128 e. The second kappa shape index (κ2) is 4.88. The van der Waals surface area contributed by atoms with Crippen LogP contribution >= 0.6 is 11.8 Å². The van der Waals surface area contributed by atoms with E-state index in [1.165, 1.54) is 18.6 Å². The van der Waals surface area contributed by atoms with Gasteiger partial charge in [0, 0.05) is 17.5 Å². The average Bonchev–Trinajstić information content (AvgIpc) is 2.25. The summed E-state index contributed by atoms with van der Waals surface area (Å²) in [4.78, 5) is 0. The normalized spacial score (nSPS) is 21.3. The molecule has 0 unspecified atom stereocenters. The van der Waals surface area contributed by atoms with Crippen LogP contribution in [0.15, 0.2) is 18.2 Å². The zero-order valence-corrected chi connectivity index (χ0v) is 9.74. The fourth-order valence-corrected chi connectivity index (χ4v) is 2.84. The van der Waals surface area contributed by atoms with E-state index in [0.717, 1.165) is 11.4 Å². The third-order valence-corrected chi connectivity index (χ3v) is 3.92. The topological polar surface area (TPSA) is 12.0 Å². The summed E-state index contributed by atoms with van der Waals surface area (Å²) in [5, 5.41) is 3.39. The van der Waals surface area contributed by atoms with Crippen LogP contribution < -0.4 is 5.32 Å². The van der Waals surface area contributed by atoms with Crippen molar-refractivity contribution in [3.63, 3.8) is 0 Å². The molecule has 0 spiro atoms. The van der Waals surface area contributed by atoms with Gasteiger partial charge in [-0.05, 0) is 43.2 Å². The zero-order chi connectivity index (χ0) is 10.7. The Morgan fingerprint density at radius 1 is 1.47 bits per heavy atom. The molecule has 2 rings (SSSR count). The first kappa shape index (κ1) is 10.8. The molecule has 0 aromatic heterocycles. The predicted octanol–water partition coefficient (Wildman–Crippen LogP) is 3.44. The number of rotatable bonds is 2. The third kappa shape index (κ3) is 2.88. The van der Waals surface area contributed by atoms with Crippen LogP contribution in [0.4, 0.5) is 10.1 Å². The first-order valence-electron chi connectivity index (χ1n) is 5.36. The third-order valence-electron chi connectivity index (χ3n) is 2.70. The van der Waals surface area contributed by atoms with Crippen molar-refractivity contribution in [1.29, 1.82) is 0 Å². The maximum atomic E-state index is 13.3. The Labute approximate surface area is 94.5 Å². The first-order chi connectivity index (χ1) is 7.25. The van der Waals surface area contributed by atoms with Crippen molar-refractivity contribution in [1.82, 2.24) is 0 Å². The molecular formula is C12H16FNS. The van der Waals surface area contributed by atoms with E-state index in [0.29, 0.717) is 11.6 Å². The SMILES string of the molecule is Cc1ccc(N[C@H]2CCCSC2)cc1F. The quantitative estimate of drug-likeness (QED) is 0.827. The standard InChI is InChI=1S/C12H16FNS/c1-9-4-5-10(7-12(9)13)14-11-3-2-6-15-8-11/h4-5,7,11,14H,2-3,6,8H2,1H3/t11-/m0/s1. The summed E-state index contributed by atoms with van der Waals surface area (Å²) < 4.78 is 13.3. The summed E-state index contributed by atoms with van der Waals surface area (Å²) in [6.45, 7) is 1.79. The van der Waals surface area contributed by atoms with E-state index in [2.05, 4.69) is 5.32 Å². The molecule has 0 aliphatic carbocycles. The van der Waals surface area contributed by atoms with E-state index in [1.54, 1.807) is 13.0 Å². The number of hydrogen-bond donors (Lipinski definition) is 1. The predicted molar refractivity (Wildman–Crippen MR) is 65.1 cm³/mol. The Balaban J connectivity index is 2.00. The van der Waals surface area contributed by atoms with Crippen molar-refractivity contribution in [3.8, 4) is 0 Å². The molecular weight excluding hydrogens is 209 g/mol. The van der Waals surface area contributed by atoms with Crippen LogP contribution in [0.3, 0.4) is 0 Å². The second-order valence-electron chi connectivity index (χ2n) is 4.02. The lowest BCUT2D eigenvalue weighted by molar-refractivity contribution is 0.617. The van der Waals surface area contributed by atoms with Gasteiger partial charge < -0.3 is 5.32 Å². The number of nitrogens with one attached hydrogen (secondary N) is 1. The van der Waals surface area contributed by atoms with Gasteiger partial charge >= 0.3 is 0 Å². The maximum Gasteiger partial charge on any atom is 0.128 e. The average molecular weight is 225 g/mol. The van der Waals surface area contributed by atoms with Crippen molar-refractivity contribution < 1.29 is 4.39 Å². The number of thioether (sulfide) groups is 1. The van der Waals surface area contributed by atoms with Gasteiger partial charge in [-0.3, -0.25) is 0 Å². The minimum atomic E-state index is -0.122. The van der Waals surface area contributed by atoms with Crippen molar-refractivity contribution in [2.75, 3.05) is 16.8 Å². The summed E-state index contributed by atoms with van der Waals surface area (Å²) in [6, 6.07) is 5.88. The highest BCUT2D eigenvalue weighted by Gasteiger charge is 2.13. The van der Waals surface area contributed by atoms with Gasteiger partial charge in [-0.2, -0.15) is 11.8 Å². The first-order valence-corrected chi connectivity index (χ1v) is 6.51. The van der Waals surface area contributed by atoms with Crippen molar-refractivity contribution in [2.24, 2.45) is 0 Å². The molecule has 0 bridgehead atoms. The molecule has 1 fully saturated rings. The zero-order valence-electron chi connectivity index (χ0n) is 8.92. The Bertz CT molecular complexity index is 334. The van der Waals surface area contributed by atoms with Crippen molar-refractivity contribution >= 4 is 17.4 Å². The van der Waals surface area contributed by atoms with Crippen LogP contribution in [0.2, 0.25) is 0 Å². The molecule has 1 aromatic carbocycles. The minimum absolute atomic E-state index is 0.122. The number of hydrogen-bond acceptors (Lipinski definition) is 2. The number of halogens is 1. The Morgan fingerprint density at radius 3 is 3.00 bits per heavy atom. The fraction of sp³-hybridized carbons (Fsp3) is 0.500. The number of anilines is 1. The molecule has 15 heavy (non-hydrogen) atoms. The van der Waals surface area contributed by atoms with Gasteiger partial charge in [0.1, 0.15) is 5.82 Å². The van der Waals surface area contributed by atoms with Crippen molar-refractivity contribution in [2.45, 2.75) is 25.8 Å². The molecule has 1 atom stereocenters. The molecule has 1 nitrogen and oxygen atoms in total. The summed E-state index contributed by atoms with van der Waals surface area (Å²) in [6.07, 6.45) is 2.46. The largest absolute Gasteiger partial charge is 0.381 e. The van der Waals surface area contributed by atoms with E-state index in [-0.39, 0.29) is 5.82 Å². The summed E-state index contributed by atoms with van der Waals surface area (Å²) >= 11 is 1.97. The highest BCUT2D eigenvalue weighted by atomic mass is 32.2. The van der Waals surface area contributed by atoms with Crippen molar-refractivity contribution in [3.05, 3.63) is 29.6 Å². The van der Waals surface area contributed by atoms with E-state index in [4.69, 9.17) is 0 Å². The van der Waals surface area contributed by atoms with E-state index in [9.17, 15) is 4.39 Å². The monoisotopic (exact) mass is 225 g/mol. The summed E-state index contributed by atoms with van der Waals surface area (Å²) in [5.74, 6) is 2.28. The molecule has 1 saturated heterocycles. The molecule has 82 valence electrons. The van der Waals surface area contributed by atoms with Gasteiger partial charge in [-0.15, -0.1) is 0 Å². The van der Waals surface area contributed by atoms with Gasteiger partial charge in [0.05, 0.1) is 0 Å². The highest BCUT2D eigenvalue weighted by Crippen LogP contribution is 2.21. The Morgan fingerprint density at radius 2 is 2.33 bits per heavy atom. The van der Waals surface area contributed by atoms with Gasteiger partial charge in [0.25, 0.3) is 0 Å². The Kier molecular flexibility index (Phi) is 3.52. The van der Waals surface area contributed by atoms with Gasteiger partial charge in [-0.25, -0.2) is 4.39 Å². The van der Waals surface area contributed by atoms with Crippen LogP contribution in [0.1, 0.15) is 18.4 Å². The molecule has 3 heteroatoms. The molecule has 0 radical (unpaired) electrons. The van der Waals surface area contributed by atoms with Gasteiger partial charge in [-0.1, -0.05) is 6.07 Å². The van der Waals surface area contributed by atoms with E-state index in [1.807, 2.05) is 23.9 Å². The van der Waals surface area contributed by atoms with Gasteiger partial charge in [0.15, 0.2) is 0 Å². The molecule has 1 heterocycles. The van der Waals surface area contributed by atoms with Crippen LogP contribution in [-0.4, -0.2) is 17.5 Å².